The molecule has 6 heteroatoms. The molecule has 0 aliphatic heterocycles. The van der Waals surface area contributed by atoms with Crippen molar-refractivity contribution in [1.82, 2.24) is 20.8 Å². The van der Waals surface area contributed by atoms with E-state index in [1.54, 1.807) is 6.92 Å². The normalized spacial score (nSPS) is 21.1. The summed E-state index contributed by atoms with van der Waals surface area (Å²) in [6.45, 7) is 2.46. The fourth-order valence-corrected chi connectivity index (χ4v) is 3.87. The van der Waals surface area contributed by atoms with Gasteiger partial charge in [-0.2, -0.15) is 4.98 Å². The Morgan fingerprint density at radius 1 is 1.32 bits per heavy atom. The van der Waals surface area contributed by atoms with Gasteiger partial charge >= 0.3 is 6.03 Å². The Balaban J connectivity index is 1.32. The van der Waals surface area contributed by atoms with Crippen LogP contribution >= 0.6 is 0 Å². The zero-order valence-electron chi connectivity index (χ0n) is 14.5. The fraction of sp³-hybridized carbons (Fsp3) is 0.526. The first-order valence-electron chi connectivity index (χ1n) is 9.08. The number of hydrogen-bond acceptors (Lipinski definition) is 4. The number of hydrogen-bond donors (Lipinski definition) is 2. The lowest BCUT2D eigenvalue weighted by Gasteiger charge is -2.39. The molecular formula is C19H24N4O2. The Hall–Kier alpha value is -2.37. The van der Waals surface area contributed by atoms with E-state index in [1.165, 1.54) is 11.1 Å². The number of nitrogens with one attached hydrogen (secondary N) is 2. The van der Waals surface area contributed by atoms with Crippen molar-refractivity contribution in [1.29, 1.82) is 0 Å². The van der Waals surface area contributed by atoms with Crippen LogP contribution in [0.15, 0.2) is 28.8 Å². The third-order valence-electron chi connectivity index (χ3n) is 5.52. The minimum Gasteiger partial charge on any atom is -0.340 e. The minimum absolute atomic E-state index is 0.138. The number of rotatable bonds is 4. The number of amides is 2. The van der Waals surface area contributed by atoms with Crippen LogP contribution in [-0.4, -0.2) is 22.7 Å². The topological polar surface area (TPSA) is 80.0 Å². The summed E-state index contributed by atoms with van der Waals surface area (Å²) in [5.74, 6) is 1.62. The van der Waals surface area contributed by atoms with Crippen molar-refractivity contribution in [2.75, 3.05) is 6.54 Å². The molecule has 0 saturated heterocycles. The Bertz CT molecular complexity index is 766. The van der Waals surface area contributed by atoms with Crippen molar-refractivity contribution in [2.45, 2.75) is 51.0 Å². The molecule has 2 aliphatic rings. The van der Waals surface area contributed by atoms with E-state index in [0.29, 0.717) is 24.2 Å². The van der Waals surface area contributed by atoms with Gasteiger partial charge in [-0.3, -0.25) is 0 Å². The van der Waals surface area contributed by atoms with Crippen LogP contribution in [0.5, 0.6) is 0 Å². The van der Waals surface area contributed by atoms with Crippen LogP contribution in [0.1, 0.15) is 48.5 Å². The van der Waals surface area contributed by atoms with Crippen molar-refractivity contribution in [3.63, 3.8) is 0 Å². The Kier molecular flexibility index (Phi) is 4.19. The van der Waals surface area contributed by atoms with Crippen LogP contribution in [0.4, 0.5) is 4.79 Å². The smallest absolute Gasteiger partial charge is 0.315 e. The second-order valence-corrected chi connectivity index (χ2v) is 7.29. The van der Waals surface area contributed by atoms with Gasteiger partial charge in [0.2, 0.25) is 5.89 Å². The fourth-order valence-electron chi connectivity index (χ4n) is 3.87. The summed E-state index contributed by atoms with van der Waals surface area (Å²) in [5, 5.41) is 10.1. The summed E-state index contributed by atoms with van der Waals surface area (Å²) < 4.78 is 5.08. The average Bonchev–Trinajstić information content (AvgIpc) is 3.02. The number of fused-ring (bicyclic) bond motifs is 1. The van der Waals surface area contributed by atoms with Crippen molar-refractivity contribution >= 4 is 6.03 Å². The highest BCUT2D eigenvalue weighted by Crippen LogP contribution is 2.39. The lowest BCUT2D eigenvalue weighted by atomic mass is 9.76. The summed E-state index contributed by atoms with van der Waals surface area (Å²) in [6.07, 6.45) is 6.02. The second-order valence-electron chi connectivity index (χ2n) is 7.29. The first-order valence-corrected chi connectivity index (χ1v) is 9.08. The molecule has 1 fully saturated rings. The third-order valence-corrected chi connectivity index (χ3v) is 5.52. The van der Waals surface area contributed by atoms with Crippen LogP contribution in [0.3, 0.4) is 0 Å². The van der Waals surface area contributed by atoms with Gasteiger partial charge in [-0.25, -0.2) is 4.79 Å². The van der Waals surface area contributed by atoms with Gasteiger partial charge in [0.1, 0.15) is 5.54 Å². The molecule has 2 aromatic rings. The molecule has 1 saturated carbocycles. The molecule has 0 spiro atoms. The SMILES string of the molecule is Cc1nc(C2(NC(=O)NCC3CCc4ccccc4C3)CCC2)no1. The standard InChI is InChI=1S/C19H24N4O2/c1-13-21-17(23-25-13)19(9-4-10-19)22-18(24)20-12-14-7-8-15-5-2-3-6-16(15)11-14/h2-3,5-6,14H,4,7-12H2,1H3,(H2,20,22,24). The molecule has 1 aromatic carbocycles. The molecule has 0 bridgehead atoms. The molecule has 4 rings (SSSR count). The van der Waals surface area contributed by atoms with Gasteiger partial charge in [-0.1, -0.05) is 29.4 Å². The summed E-state index contributed by atoms with van der Waals surface area (Å²) >= 11 is 0. The predicted octanol–water partition coefficient (Wildman–Crippen LogP) is 2.86. The van der Waals surface area contributed by atoms with Crippen LogP contribution in [0, 0.1) is 12.8 Å². The van der Waals surface area contributed by atoms with Gasteiger partial charge in [0, 0.05) is 13.5 Å². The number of urea groups is 1. The number of aromatic nitrogens is 2. The molecule has 2 N–H and O–H groups in total. The Labute approximate surface area is 147 Å². The number of carbonyl (C=O) groups is 1. The lowest BCUT2D eigenvalue weighted by Crippen LogP contribution is -2.55. The van der Waals surface area contributed by atoms with E-state index in [2.05, 4.69) is 45.0 Å². The molecule has 0 radical (unpaired) electrons. The highest BCUT2D eigenvalue weighted by molar-refractivity contribution is 5.75. The average molecular weight is 340 g/mol. The molecule has 2 amide bonds. The monoisotopic (exact) mass is 340 g/mol. The molecule has 132 valence electrons. The maximum Gasteiger partial charge on any atom is 0.315 e. The quantitative estimate of drug-likeness (QED) is 0.897. The predicted molar refractivity (Wildman–Crippen MR) is 93.1 cm³/mol. The van der Waals surface area contributed by atoms with E-state index in [1.807, 2.05) is 0 Å². The van der Waals surface area contributed by atoms with E-state index in [9.17, 15) is 4.79 Å². The number of carbonyl (C=O) groups excluding carboxylic acids is 1. The van der Waals surface area contributed by atoms with Crippen LogP contribution < -0.4 is 10.6 Å². The zero-order chi connectivity index (χ0) is 17.3. The van der Waals surface area contributed by atoms with Crippen molar-refractivity contribution < 1.29 is 9.32 Å². The highest BCUT2D eigenvalue weighted by Gasteiger charge is 2.44. The van der Waals surface area contributed by atoms with Crippen LogP contribution in [0.2, 0.25) is 0 Å². The first kappa shape index (κ1) is 16.1. The van der Waals surface area contributed by atoms with E-state index >= 15 is 0 Å². The summed E-state index contributed by atoms with van der Waals surface area (Å²) in [7, 11) is 0. The minimum atomic E-state index is -0.457. The molecule has 25 heavy (non-hydrogen) atoms. The number of benzene rings is 1. The van der Waals surface area contributed by atoms with Crippen LogP contribution in [0.25, 0.3) is 0 Å². The molecule has 2 aliphatic carbocycles. The molecule has 1 heterocycles. The lowest BCUT2D eigenvalue weighted by molar-refractivity contribution is 0.164. The molecule has 1 atom stereocenters. The summed E-state index contributed by atoms with van der Waals surface area (Å²) in [6, 6.07) is 8.46. The molecule has 6 nitrogen and oxygen atoms in total. The zero-order valence-corrected chi connectivity index (χ0v) is 14.5. The van der Waals surface area contributed by atoms with Gasteiger partial charge in [0.15, 0.2) is 5.82 Å². The van der Waals surface area contributed by atoms with Gasteiger partial charge < -0.3 is 15.2 Å². The Morgan fingerprint density at radius 2 is 2.12 bits per heavy atom. The number of nitrogens with zero attached hydrogens (tertiary/aromatic N) is 2. The second kappa shape index (κ2) is 6.50. The molecular weight excluding hydrogens is 316 g/mol. The van der Waals surface area contributed by atoms with E-state index in [4.69, 9.17) is 4.52 Å². The number of aryl methyl sites for hydroxylation is 2. The van der Waals surface area contributed by atoms with E-state index in [-0.39, 0.29) is 6.03 Å². The van der Waals surface area contributed by atoms with E-state index < -0.39 is 5.54 Å². The van der Waals surface area contributed by atoms with Gasteiger partial charge in [0.05, 0.1) is 0 Å². The maximum absolute atomic E-state index is 12.4. The van der Waals surface area contributed by atoms with E-state index in [0.717, 1.165) is 38.5 Å². The molecule has 1 aromatic heterocycles. The van der Waals surface area contributed by atoms with Gasteiger partial charge in [0.25, 0.3) is 0 Å². The molecule has 1 unspecified atom stereocenters. The first-order chi connectivity index (χ1) is 12.1. The Morgan fingerprint density at radius 3 is 2.80 bits per heavy atom. The van der Waals surface area contributed by atoms with Crippen molar-refractivity contribution in [3.8, 4) is 0 Å². The maximum atomic E-state index is 12.4. The van der Waals surface area contributed by atoms with Gasteiger partial charge in [-0.05, 0) is 55.6 Å². The van der Waals surface area contributed by atoms with Crippen molar-refractivity contribution in [2.24, 2.45) is 5.92 Å². The highest BCUT2D eigenvalue weighted by atomic mass is 16.5. The summed E-state index contributed by atoms with van der Waals surface area (Å²) in [5.41, 5.74) is 2.41. The van der Waals surface area contributed by atoms with Gasteiger partial charge in [-0.15, -0.1) is 0 Å². The summed E-state index contributed by atoms with van der Waals surface area (Å²) in [4.78, 5) is 16.7. The largest absolute Gasteiger partial charge is 0.340 e. The third kappa shape index (κ3) is 3.25. The van der Waals surface area contributed by atoms with Crippen LogP contribution in [-0.2, 0) is 18.4 Å². The van der Waals surface area contributed by atoms with Crippen molar-refractivity contribution in [3.05, 3.63) is 47.1 Å².